The molecule has 1 saturated heterocycles. The van der Waals surface area contributed by atoms with Gasteiger partial charge in [-0.15, -0.1) is 0 Å². The Morgan fingerprint density at radius 1 is 1.14 bits per heavy atom. The molecule has 150 valence electrons. The van der Waals surface area contributed by atoms with E-state index in [0.29, 0.717) is 12.1 Å². The zero-order valence-corrected chi connectivity index (χ0v) is 16.2. The normalized spacial score (nSPS) is 22.7. The van der Waals surface area contributed by atoms with Crippen molar-refractivity contribution in [3.8, 4) is 0 Å². The minimum absolute atomic E-state index is 0.0657. The first-order valence-corrected chi connectivity index (χ1v) is 9.66. The summed E-state index contributed by atoms with van der Waals surface area (Å²) in [5.41, 5.74) is -0.112. The van der Waals surface area contributed by atoms with E-state index >= 15 is 0 Å². The smallest absolute Gasteiger partial charge is 0.319 e. The van der Waals surface area contributed by atoms with Gasteiger partial charge in [0.25, 0.3) is 0 Å². The minimum atomic E-state index is -1.43. The van der Waals surface area contributed by atoms with Crippen molar-refractivity contribution in [1.82, 2.24) is 9.80 Å². The van der Waals surface area contributed by atoms with Gasteiger partial charge in [-0.05, 0) is 44.0 Å². The second-order valence-corrected chi connectivity index (χ2v) is 7.62. The molecular weight excluding hydrogens is 358 g/mol. The van der Waals surface area contributed by atoms with E-state index < -0.39 is 17.3 Å². The maximum atomic E-state index is 12.7. The van der Waals surface area contributed by atoms with Crippen LogP contribution in [0.2, 0.25) is 0 Å². The van der Waals surface area contributed by atoms with E-state index in [1.54, 1.807) is 24.3 Å². The largest absolute Gasteiger partial charge is 0.480 e. The number of nitrogens with zero attached hydrogens (tertiary/aromatic N) is 2. The lowest BCUT2D eigenvalue weighted by Gasteiger charge is -2.32. The van der Waals surface area contributed by atoms with Gasteiger partial charge < -0.3 is 20.2 Å². The van der Waals surface area contributed by atoms with E-state index in [1.165, 1.54) is 0 Å². The first-order chi connectivity index (χ1) is 13.4. The van der Waals surface area contributed by atoms with Gasteiger partial charge in [-0.25, -0.2) is 0 Å². The molecule has 1 aliphatic heterocycles. The number of anilines is 1. The summed E-state index contributed by atoms with van der Waals surface area (Å²) in [6.45, 7) is 3.18. The number of carboxylic acids is 1. The van der Waals surface area contributed by atoms with Gasteiger partial charge in [0.15, 0.2) is 0 Å². The third-order valence-electron chi connectivity index (χ3n) is 5.61. The van der Waals surface area contributed by atoms with Crippen molar-refractivity contribution in [1.29, 1.82) is 0 Å². The van der Waals surface area contributed by atoms with Gasteiger partial charge in [-0.2, -0.15) is 0 Å². The number of aliphatic carboxylic acids is 1. The molecular formula is C21H27N3O4. The molecule has 1 aliphatic carbocycles. The van der Waals surface area contributed by atoms with E-state index in [4.69, 9.17) is 0 Å². The van der Waals surface area contributed by atoms with E-state index in [2.05, 4.69) is 10.2 Å². The van der Waals surface area contributed by atoms with Gasteiger partial charge in [-0.1, -0.05) is 24.3 Å². The lowest BCUT2D eigenvalue weighted by molar-refractivity contribution is -0.154. The number of carbonyl (C=O) groups is 3. The van der Waals surface area contributed by atoms with Gasteiger partial charge in [0.05, 0.1) is 6.42 Å². The molecule has 0 spiro atoms. The molecule has 1 heterocycles. The predicted molar refractivity (Wildman–Crippen MR) is 106 cm³/mol. The van der Waals surface area contributed by atoms with Gasteiger partial charge >= 0.3 is 5.97 Å². The SMILES string of the molecule is CN1CCN(C(=O)Cc2cccc(NC(=O)C3(C(=O)O)CC=CCC3)c2)CC1. The third-order valence-corrected chi connectivity index (χ3v) is 5.61. The number of rotatable bonds is 5. The van der Waals surface area contributed by atoms with Crippen molar-refractivity contribution in [3.05, 3.63) is 42.0 Å². The molecule has 1 fully saturated rings. The quantitative estimate of drug-likeness (QED) is 0.595. The molecule has 7 heteroatoms. The Morgan fingerprint density at radius 3 is 2.54 bits per heavy atom. The summed E-state index contributed by atoms with van der Waals surface area (Å²) in [5.74, 6) is -1.54. The zero-order chi connectivity index (χ0) is 20.1. The fourth-order valence-corrected chi connectivity index (χ4v) is 3.68. The highest BCUT2D eigenvalue weighted by Gasteiger charge is 2.45. The predicted octanol–water partition coefficient (Wildman–Crippen LogP) is 1.75. The fourth-order valence-electron chi connectivity index (χ4n) is 3.68. The number of likely N-dealkylation sites (N-methyl/N-ethyl adjacent to an activating group) is 1. The summed E-state index contributed by atoms with van der Waals surface area (Å²) in [5, 5.41) is 12.4. The number of allylic oxidation sites excluding steroid dienone is 2. The number of carbonyl (C=O) groups excluding carboxylic acids is 2. The molecule has 2 N–H and O–H groups in total. The van der Waals surface area contributed by atoms with Crippen LogP contribution in [0, 0.1) is 5.41 Å². The van der Waals surface area contributed by atoms with E-state index in [-0.39, 0.29) is 25.2 Å². The van der Waals surface area contributed by atoms with Gasteiger partial charge in [0.2, 0.25) is 11.8 Å². The van der Waals surface area contributed by atoms with Gasteiger partial charge in [0, 0.05) is 31.9 Å². The number of carboxylic acid groups (broad SMARTS) is 1. The van der Waals surface area contributed by atoms with Crippen LogP contribution >= 0.6 is 0 Å². The zero-order valence-electron chi connectivity index (χ0n) is 16.2. The third kappa shape index (κ3) is 4.42. The molecule has 0 aromatic heterocycles. The number of hydrogen-bond acceptors (Lipinski definition) is 4. The van der Waals surface area contributed by atoms with Crippen molar-refractivity contribution < 1.29 is 19.5 Å². The monoisotopic (exact) mass is 385 g/mol. The van der Waals surface area contributed by atoms with Crippen LogP contribution in [0.5, 0.6) is 0 Å². The number of amides is 2. The van der Waals surface area contributed by atoms with Crippen molar-refractivity contribution in [2.45, 2.75) is 25.7 Å². The molecule has 2 amide bonds. The number of hydrogen-bond donors (Lipinski definition) is 2. The lowest BCUT2D eigenvalue weighted by Crippen LogP contribution is -2.47. The summed E-state index contributed by atoms with van der Waals surface area (Å²) in [7, 11) is 2.04. The maximum Gasteiger partial charge on any atom is 0.319 e. The Hall–Kier alpha value is -2.67. The summed E-state index contributed by atoms with van der Waals surface area (Å²) >= 11 is 0. The average Bonchev–Trinajstić information content (AvgIpc) is 2.69. The van der Waals surface area contributed by atoms with Crippen LogP contribution in [-0.2, 0) is 20.8 Å². The molecule has 7 nitrogen and oxygen atoms in total. The Morgan fingerprint density at radius 2 is 1.89 bits per heavy atom. The molecule has 0 bridgehead atoms. The number of nitrogens with one attached hydrogen (secondary N) is 1. The highest BCUT2D eigenvalue weighted by Crippen LogP contribution is 2.34. The number of piperazine rings is 1. The first-order valence-electron chi connectivity index (χ1n) is 9.66. The summed E-state index contributed by atoms with van der Waals surface area (Å²) < 4.78 is 0. The summed E-state index contributed by atoms with van der Waals surface area (Å²) in [6.07, 6.45) is 4.96. The molecule has 0 radical (unpaired) electrons. The van der Waals surface area contributed by atoms with Crippen LogP contribution in [0.3, 0.4) is 0 Å². The Kier molecular flexibility index (Phi) is 6.14. The first kappa shape index (κ1) is 20.1. The van der Waals surface area contributed by atoms with E-state index in [9.17, 15) is 19.5 Å². The molecule has 1 aromatic rings. The van der Waals surface area contributed by atoms with Crippen LogP contribution in [0.1, 0.15) is 24.8 Å². The summed E-state index contributed by atoms with van der Waals surface area (Å²) in [6, 6.07) is 7.09. The average molecular weight is 385 g/mol. The number of benzene rings is 1. The van der Waals surface area contributed by atoms with Crippen LogP contribution in [0.15, 0.2) is 36.4 Å². The topological polar surface area (TPSA) is 90.0 Å². The maximum absolute atomic E-state index is 12.7. The Bertz CT molecular complexity index is 784. The van der Waals surface area contributed by atoms with Crippen LogP contribution in [0.4, 0.5) is 5.69 Å². The Labute approximate surface area is 165 Å². The standard InChI is InChI=1S/C21H27N3O4/c1-23-10-12-24(13-11-23)18(25)15-16-6-5-7-17(14-16)22-19(26)21(20(27)28)8-3-2-4-9-21/h2-3,5-7,14H,4,8-13,15H2,1H3,(H,22,26)(H,27,28). The minimum Gasteiger partial charge on any atom is -0.480 e. The van der Waals surface area contributed by atoms with Gasteiger partial charge in [0.1, 0.15) is 5.41 Å². The summed E-state index contributed by atoms with van der Waals surface area (Å²) in [4.78, 5) is 41.1. The molecule has 1 aromatic carbocycles. The second kappa shape index (κ2) is 8.56. The van der Waals surface area contributed by atoms with E-state index in [0.717, 1.165) is 31.7 Å². The highest BCUT2D eigenvalue weighted by molar-refractivity contribution is 6.08. The van der Waals surface area contributed by atoms with Crippen LogP contribution < -0.4 is 5.32 Å². The molecule has 3 rings (SSSR count). The molecule has 2 aliphatic rings. The molecule has 0 saturated carbocycles. The van der Waals surface area contributed by atoms with Gasteiger partial charge in [-0.3, -0.25) is 14.4 Å². The van der Waals surface area contributed by atoms with Crippen LogP contribution in [0.25, 0.3) is 0 Å². The van der Waals surface area contributed by atoms with E-state index in [1.807, 2.05) is 24.1 Å². The second-order valence-electron chi connectivity index (χ2n) is 7.62. The lowest BCUT2D eigenvalue weighted by atomic mass is 9.76. The molecule has 1 unspecified atom stereocenters. The van der Waals surface area contributed by atoms with Crippen molar-refractivity contribution >= 4 is 23.5 Å². The van der Waals surface area contributed by atoms with Crippen LogP contribution in [-0.4, -0.2) is 65.9 Å². The molecule has 1 atom stereocenters. The fraction of sp³-hybridized carbons (Fsp3) is 0.476. The van der Waals surface area contributed by atoms with Crippen molar-refractivity contribution in [2.24, 2.45) is 5.41 Å². The molecule has 28 heavy (non-hydrogen) atoms. The highest BCUT2D eigenvalue weighted by atomic mass is 16.4. The van der Waals surface area contributed by atoms with Crippen molar-refractivity contribution in [3.63, 3.8) is 0 Å². The Balaban J connectivity index is 1.66. The van der Waals surface area contributed by atoms with Crippen molar-refractivity contribution in [2.75, 3.05) is 38.5 Å².